The monoisotopic (exact) mass is 328 g/mol. The molecule has 0 bridgehead atoms. The molecule has 4 nitrogen and oxygen atoms in total. The Labute approximate surface area is 118 Å². The summed E-state index contributed by atoms with van der Waals surface area (Å²) in [4.78, 5) is 24.8. The van der Waals surface area contributed by atoms with Gasteiger partial charge < -0.3 is 10.6 Å². The Morgan fingerprint density at radius 3 is 2.47 bits per heavy atom. The summed E-state index contributed by atoms with van der Waals surface area (Å²) in [5.41, 5.74) is 5.56. The summed E-state index contributed by atoms with van der Waals surface area (Å²) in [6.07, 6.45) is 1.14. The minimum atomic E-state index is -0.460. The smallest absolute Gasteiger partial charge is 0.253 e. The van der Waals surface area contributed by atoms with Crippen LogP contribution in [0.15, 0.2) is 22.7 Å². The highest BCUT2D eigenvalue weighted by Crippen LogP contribution is 2.21. The van der Waals surface area contributed by atoms with Crippen LogP contribution in [0.3, 0.4) is 0 Å². The number of hydrogen-bond acceptors (Lipinski definition) is 2. The van der Waals surface area contributed by atoms with Gasteiger partial charge in [0, 0.05) is 24.6 Å². The number of halogens is 2. The number of benzene rings is 1. The number of nitrogens with two attached hydrogens (primary N) is 1. The van der Waals surface area contributed by atoms with Gasteiger partial charge >= 0.3 is 0 Å². The number of rotatable bonds is 2. The molecule has 1 saturated heterocycles. The molecule has 6 heteroatoms. The molecule has 1 fully saturated rings. The van der Waals surface area contributed by atoms with Crippen molar-refractivity contribution in [3.8, 4) is 0 Å². The van der Waals surface area contributed by atoms with E-state index in [4.69, 9.17) is 5.73 Å². The predicted octanol–water partition coefficient (Wildman–Crippen LogP) is 1.93. The van der Waals surface area contributed by atoms with E-state index < -0.39 is 5.82 Å². The van der Waals surface area contributed by atoms with E-state index in [0.29, 0.717) is 36.0 Å². The van der Waals surface area contributed by atoms with E-state index in [1.807, 2.05) is 0 Å². The van der Waals surface area contributed by atoms with Crippen molar-refractivity contribution < 1.29 is 14.0 Å². The highest BCUT2D eigenvalue weighted by Gasteiger charge is 2.26. The first-order valence-electron chi connectivity index (χ1n) is 6.02. The molecule has 0 unspecified atom stereocenters. The Kier molecular flexibility index (Phi) is 4.19. The maximum absolute atomic E-state index is 13.4. The van der Waals surface area contributed by atoms with Crippen molar-refractivity contribution in [2.24, 2.45) is 11.7 Å². The lowest BCUT2D eigenvalue weighted by atomic mass is 9.96. The molecule has 19 heavy (non-hydrogen) atoms. The third-order valence-corrected chi connectivity index (χ3v) is 3.99. The lowest BCUT2D eigenvalue weighted by Crippen LogP contribution is -2.41. The number of primary amides is 1. The van der Waals surface area contributed by atoms with Crippen LogP contribution in [-0.4, -0.2) is 29.8 Å². The van der Waals surface area contributed by atoms with Crippen molar-refractivity contribution in [3.63, 3.8) is 0 Å². The number of carbonyl (C=O) groups is 2. The summed E-state index contributed by atoms with van der Waals surface area (Å²) in [6.45, 7) is 0.953. The largest absolute Gasteiger partial charge is 0.369 e. The van der Waals surface area contributed by atoms with Crippen molar-refractivity contribution in [1.29, 1.82) is 0 Å². The maximum atomic E-state index is 13.4. The zero-order valence-electron chi connectivity index (χ0n) is 10.2. The van der Waals surface area contributed by atoms with Gasteiger partial charge in [-0.25, -0.2) is 4.39 Å². The van der Waals surface area contributed by atoms with E-state index in [1.54, 1.807) is 11.0 Å². The Hall–Kier alpha value is -1.43. The second-order valence-electron chi connectivity index (χ2n) is 4.60. The summed E-state index contributed by atoms with van der Waals surface area (Å²) >= 11 is 3.05. The van der Waals surface area contributed by atoms with E-state index >= 15 is 0 Å². The Morgan fingerprint density at radius 2 is 1.95 bits per heavy atom. The molecule has 102 valence electrons. The number of amides is 2. The molecular formula is C13H14BrFN2O2. The van der Waals surface area contributed by atoms with Crippen molar-refractivity contribution in [2.75, 3.05) is 13.1 Å². The molecule has 2 N–H and O–H groups in total. The number of piperidine rings is 1. The molecule has 1 aliphatic rings. The van der Waals surface area contributed by atoms with Gasteiger partial charge in [0.15, 0.2) is 0 Å². The third-order valence-electron chi connectivity index (χ3n) is 3.35. The van der Waals surface area contributed by atoms with E-state index in [2.05, 4.69) is 15.9 Å². The molecule has 1 aliphatic heterocycles. The number of likely N-dealkylation sites (tertiary alicyclic amines) is 1. The fraction of sp³-hybridized carbons (Fsp3) is 0.385. The van der Waals surface area contributed by atoms with Crippen LogP contribution in [0.25, 0.3) is 0 Å². The summed E-state index contributed by atoms with van der Waals surface area (Å²) < 4.78 is 13.7. The molecule has 1 aromatic rings. The molecule has 0 aliphatic carbocycles. The minimum Gasteiger partial charge on any atom is -0.369 e. The van der Waals surface area contributed by atoms with Gasteiger partial charge in [0.1, 0.15) is 5.82 Å². The number of hydrogen-bond donors (Lipinski definition) is 1. The summed E-state index contributed by atoms with van der Waals surface area (Å²) in [7, 11) is 0. The van der Waals surface area contributed by atoms with Crippen LogP contribution in [0.5, 0.6) is 0 Å². The van der Waals surface area contributed by atoms with Crippen LogP contribution in [0.4, 0.5) is 4.39 Å². The molecule has 0 spiro atoms. The Bertz CT molecular complexity index is 513. The third kappa shape index (κ3) is 3.12. The summed E-state index contributed by atoms with van der Waals surface area (Å²) in [5.74, 6) is -1.15. The van der Waals surface area contributed by atoms with E-state index in [0.717, 1.165) is 0 Å². The van der Waals surface area contributed by atoms with E-state index in [-0.39, 0.29) is 17.7 Å². The SMILES string of the molecule is NC(=O)C1CCN(C(=O)c2ccc(Br)c(F)c2)CC1. The first kappa shape index (κ1) is 14.0. The summed E-state index contributed by atoms with van der Waals surface area (Å²) in [6, 6.07) is 4.31. The lowest BCUT2D eigenvalue weighted by molar-refractivity contribution is -0.123. The fourth-order valence-electron chi connectivity index (χ4n) is 2.18. The average molecular weight is 329 g/mol. The summed E-state index contributed by atoms with van der Waals surface area (Å²) in [5, 5.41) is 0. The molecule has 0 atom stereocenters. The van der Waals surface area contributed by atoms with Crippen LogP contribution >= 0.6 is 15.9 Å². The topological polar surface area (TPSA) is 63.4 Å². The molecule has 1 aromatic carbocycles. The van der Waals surface area contributed by atoms with Gasteiger partial charge in [0.05, 0.1) is 4.47 Å². The standard InChI is InChI=1S/C13H14BrFN2O2/c14-10-2-1-9(7-11(10)15)13(19)17-5-3-8(4-6-17)12(16)18/h1-2,7-8H,3-6H2,(H2,16,18). The van der Waals surface area contributed by atoms with Gasteiger partial charge in [-0.2, -0.15) is 0 Å². The van der Waals surface area contributed by atoms with Crippen molar-refractivity contribution in [2.45, 2.75) is 12.8 Å². The van der Waals surface area contributed by atoms with Gasteiger partial charge in [-0.05, 0) is 47.0 Å². The van der Waals surface area contributed by atoms with Crippen molar-refractivity contribution in [1.82, 2.24) is 4.90 Å². The second kappa shape index (κ2) is 5.69. The highest BCUT2D eigenvalue weighted by atomic mass is 79.9. The normalized spacial score (nSPS) is 16.4. The first-order chi connectivity index (χ1) is 8.99. The van der Waals surface area contributed by atoms with E-state index in [9.17, 15) is 14.0 Å². The molecule has 2 amide bonds. The number of carbonyl (C=O) groups excluding carboxylic acids is 2. The van der Waals surface area contributed by atoms with Gasteiger partial charge in [-0.3, -0.25) is 9.59 Å². The van der Waals surface area contributed by atoms with Crippen LogP contribution in [0.1, 0.15) is 23.2 Å². The van der Waals surface area contributed by atoms with Gasteiger partial charge in [-0.15, -0.1) is 0 Å². The van der Waals surface area contributed by atoms with Gasteiger partial charge in [-0.1, -0.05) is 0 Å². The molecule has 1 heterocycles. The first-order valence-corrected chi connectivity index (χ1v) is 6.82. The van der Waals surface area contributed by atoms with Crippen LogP contribution in [0.2, 0.25) is 0 Å². The van der Waals surface area contributed by atoms with Crippen molar-refractivity contribution >= 4 is 27.7 Å². The number of nitrogens with zero attached hydrogens (tertiary/aromatic N) is 1. The highest BCUT2D eigenvalue weighted by molar-refractivity contribution is 9.10. The van der Waals surface area contributed by atoms with Crippen LogP contribution < -0.4 is 5.73 Å². The minimum absolute atomic E-state index is 0.161. The molecule has 0 radical (unpaired) electrons. The van der Waals surface area contributed by atoms with E-state index in [1.165, 1.54) is 12.1 Å². The second-order valence-corrected chi connectivity index (χ2v) is 5.45. The zero-order valence-corrected chi connectivity index (χ0v) is 11.8. The lowest BCUT2D eigenvalue weighted by Gasteiger charge is -2.30. The van der Waals surface area contributed by atoms with Crippen molar-refractivity contribution in [3.05, 3.63) is 34.1 Å². The van der Waals surface area contributed by atoms with Crippen LogP contribution in [-0.2, 0) is 4.79 Å². The quantitative estimate of drug-likeness (QED) is 0.901. The van der Waals surface area contributed by atoms with Gasteiger partial charge in [0.2, 0.25) is 5.91 Å². The zero-order chi connectivity index (χ0) is 14.0. The predicted molar refractivity (Wildman–Crippen MR) is 71.9 cm³/mol. The Balaban J connectivity index is 2.05. The molecule has 2 rings (SSSR count). The molecule has 0 saturated carbocycles. The molecule has 0 aromatic heterocycles. The van der Waals surface area contributed by atoms with Gasteiger partial charge in [0.25, 0.3) is 5.91 Å². The fourth-order valence-corrected chi connectivity index (χ4v) is 2.43. The average Bonchev–Trinajstić information content (AvgIpc) is 2.41. The Morgan fingerprint density at radius 1 is 1.32 bits per heavy atom. The molecular weight excluding hydrogens is 315 g/mol. The maximum Gasteiger partial charge on any atom is 0.253 e. The van der Waals surface area contributed by atoms with Crippen LogP contribution in [0, 0.1) is 11.7 Å².